The van der Waals surface area contributed by atoms with E-state index in [0.29, 0.717) is 48.0 Å². The first-order valence-corrected chi connectivity index (χ1v) is 20.0. The van der Waals surface area contributed by atoms with Crippen LogP contribution in [0, 0.1) is 0 Å². The van der Waals surface area contributed by atoms with Crippen LogP contribution in [0.25, 0.3) is 11.2 Å². The second kappa shape index (κ2) is 20.2. The van der Waals surface area contributed by atoms with E-state index in [1.165, 1.54) is 52.0 Å². The van der Waals surface area contributed by atoms with Gasteiger partial charge in [0.1, 0.15) is 35.3 Å². The van der Waals surface area contributed by atoms with Crippen molar-refractivity contribution in [3.05, 3.63) is 89.6 Å². The predicted octanol–water partition coefficient (Wildman–Crippen LogP) is 5.51. The van der Waals surface area contributed by atoms with Gasteiger partial charge in [-0.25, -0.2) is 24.5 Å². The standard InChI is InChI=1S/C23H21ClN4O7.C19H22O8.2CH4/c1-12(29)32-17-18(33-13(2)30)23(9-8-15(23)34-22(31)14-6-4-3-5-7-14)35-21(17)28-11-27-16-19(24)25-10-26-20(16)28;1-11(20)24-15-16(25-12(2)21)19(27-18(15)23-3)10-9-14(19)26-17(22)13-7-5-4-6-8-13;;/h3-7,10-11,15,17-18,21H,8-9H2,1-2H3;4-8,14-16,18H,9-10H2,1-3H3;2*1H4/t15-,17?,18+,21+,23+;14-,15?,16+,18+,19+;;/m00../s1. The van der Waals surface area contributed by atoms with Gasteiger partial charge < -0.3 is 42.6 Å². The molecule has 4 fully saturated rings. The third-order valence-corrected chi connectivity index (χ3v) is 11.3. The molecule has 2 aromatic carbocycles. The monoisotopic (exact) mass is 910 g/mol. The number of rotatable bonds is 10. The van der Waals surface area contributed by atoms with Crippen LogP contribution in [0.2, 0.25) is 5.15 Å². The molecule has 0 radical (unpaired) electrons. The Hall–Kier alpha value is -6.02. The van der Waals surface area contributed by atoms with Gasteiger partial charge in [-0.1, -0.05) is 62.9 Å². The molecule has 64 heavy (non-hydrogen) atoms. The van der Waals surface area contributed by atoms with Gasteiger partial charge in [-0.3, -0.25) is 23.7 Å². The van der Waals surface area contributed by atoms with Crippen molar-refractivity contribution in [3.8, 4) is 0 Å². The Kier molecular flexibility index (Phi) is 15.5. The summed E-state index contributed by atoms with van der Waals surface area (Å²) in [5, 5.41) is 0.139. The molecule has 344 valence electrons. The Balaban J connectivity index is 0.000000241. The zero-order valence-corrected chi connectivity index (χ0v) is 34.9. The molecule has 4 heterocycles. The number of hydrogen-bond acceptors (Lipinski definition) is 18. The molecule has 2 unspecified atom stereocenters. The molecule has 4 aromatic rings. The van der Waals surface area contributed by atoms with Crippen molar-refractivity contribution in [2.24, 2.45) is 0 Å². The largest absolute Gasteiger partial charge is 0.456 e. The van der Waals surface area contributed by atoms with E-state index >= 15 is 0 Å². The number of esters is 6. The molecule has 0 amide bonds. The van der Waals surface area contributed by atoms with Crippen molar-refractivity contribution in [2.45, 2.75) is 129 Å². The Morgan fingerprint density at radius 3 is 1.56 bits per heavy atom. The Labute approximate surface area is 373 Å². The van der Waals surface area contributed by atoms with E-state index in [1.807, 2.05) is 0 Å². The van der Waals surface area contributed by atoms with E-state index in [-0.39, 0.29) is 20.0 Å². The van der Waals surface area contributed by atoms with Crippen LogP contribution in [0.5, 0.6) is 0 Å². The van der Waals surface area contributed by atoms with Gasteiger partial charge in [0, 0.05) is 34.8 Å². The van der Waals surface area contributed by atoms with Crippen LogP contribution >= 0.6 is 11.6 Å². The smallest absolute Gasteiger partial charge is 0.338 e. The normalized spacial score (nSPS) is 28.4. The van der Waals surface area contributed by atoms with Gasteiger partial charge in [-0.05, 0) is 49.9 Å². The average Bonchev–Trinajstić information content (AvgIpc) is 3.90. The second-order valence-corrected chi connectivity index (χ2v) is 15.3. The summed E-state index contributed by atoms with van der Waals surface area (Å²) >= 11 is 6.15. The van der Waals surface area contributed by atoms with Gasteiger partial charge in [0.05, 0.1) is 17.5 Å². The number of fused-ring (bicyclic) bond motifs is 1. The number of carbonyl (C=O) groups is 6. The molecular formula is C44H51ClN4O15. The van der Waals surface area contributed by atoms with Crippen LogP contribution in [0.3, 0.4) is 0 Å². The van der Waals surface area contributed by atoms with E-state index in [2.05, 4.69) is 15.0 Å². The maximum Gasteiger partial charge on any atom is 0.338 e. The van der Waals surface area contributed by atoms with E-state index in [1.54, 1.807) is 60.7 Å². The lowest BCUT2D eigenvalue weighted by Crippen LogP contribution is -2.62. The molecule has 0 bridgehead atoms. The number of methoxy groups -OCH3 is 1. The Morgan fingerprint density at radius 1 is 0.641 bits per heavy atom. The highest BCUT2D eigenvalue weighted by Gasteiger charge is 2.69. The summed E-state index contributed by atoms with van der Waals surface area (Å²) in [5.41, 5.74) is -0.920. The number of ether oxygens (including phenoxy) is 9. The maximum absolute atomic E-state index is 12.8. The van der Waals surface area contributed by atoms with E-state index in [9.17, 15) is 28.8 Å². The lowest BCUT2D eigenvalue weighted by molar-refractivity contribution is -0.245. The third kappa shape index (κ3) is 9.57. The molecular weight excluding hydrogens is 860 g/mol. The molecule has 2 aliphatic heterocycles. The summed E-state index contributed by atoms with van der Waals surface area (Å²) in [6.45, 7) is 4.99. The summed E-state index contributed by atoms with van der Waals surface area (Å²) < 4.78 is 52.6. The lowest BCUT2D eigenvalue weighted by atomic mass is 9.72. The van der Waals surface area contributed by atoms with Crippen molar-refractivity contribution in [2.75, 3.05) is 7.11 Å². The number of nitrogens with zero attached hydrogens (tertiary/aromatic N) is 4. The van der Waals surface area contributed by atoms with Gasteiger partial charge in [0.15, 0.2) is 47.7 Å². The molecule has 2 aromatic heterocycles. The van der Waals surface area contributed by atoms with Crippen LogP contribution in [0.1, 0.15) is 95.2 Å². The molecule has 2 aliphatic carbocycles. The van der Waals surface area contributed by atoms with Crippen LogP contribution in [0.4, 0.5) is 0 Å². The highest BCUT2D eigenvalue weighted by Crippen LogP contribution is 2.54. The first kappa shape index (κ1) is 49.0. The quantitative estimate of drug-likeness (QED) is 0.108. The summed E-state index contributed by atoms with van der Waals surface area (Å²) in [6.07, 6.45) is -2.78. The highest BCUT2D eigenvalue weighted by molar-refractivity contribution is 6.33. The molecule has 20 heteroatoms. The average molecular weight is 911 g/mol. The zero-order valence-electron chi connectivity index (χ0n) is 34.2. The minimum atomic E-state index is -1.24. The van der Waals surface area contributed by atoms with Gasteiger partial charge in [-0.2, -0.15) is 0 Å². The Morgan fingerprint density at radius 2 is 1.11 bits per heavy atom. The summed E-state index contributed by atoms with van der Waals surface area (Å²) in [6, 6.07) is 17.1. The van der Waals surface area contributed by atoms with E-state index < -0.39 is 96.2 Å². The highest BCUT2D eigenvalue weighted by atomic mass is 35.5. The minimum absolute atomic E-state index is 0. The first-order chi connectivity index (χ1) is 29.7. The summed E-state index contributed by atoms with van der Waals surface area (Å²) in [4.78, 5) is 84.9. The number of aromatic nitrogens is 4. The van der Waals surface area contributed by atoms with Gasteiger partial charge in [-0.15, -0.1) is 0 Å². The van der Waals surface area contributed by atoms with Crippen molar-refractivity contribution in [3.63, 3.8) is 0 Å². The Bertz CT molecular complexity index is 2330. The van der Waals surface area contributed by atoms with Crippen molar-refractivity contribution >= 4 is 58.6 Å². The molecule has 8 rings (SSSR count). The molecule has 10 atom stereocenters. The SMILES string of the molecule is C.C.CC(=O)OC1[C@H](n2cnc3c(Cl)ncnc32)O[C@@]2(CC[C@@H]2OC(=O)c2ccccc2)[C@@H]1OC(C)=O.CO[C@@H]1O[C@@]2(CC[C@@H]2OC(=O)c2ccccc2)[C@H](OC(C)=O)C1OC(C)=O. The van der Waals surface area contributed by atoms with Crippen molar-refractivity contribution in [1.82, 2.24) is 19.5 Å². The van der Waals surface area contributed by atoms with Gasteiger partial charge in [0.2, 0.25) is 0 Å². The van der Waals surface area contributed by atoms with Crippen LogP contribution in [0.15, 0.2) is 73.3 Å². The zero-order chi connectivity index (χ0) is 44.3. The maximum atomic E-state index is 12.8. The van der Waals surface area contributed by atoms with Crippen molar-refractivity contribution in [1.29, 1.82) is 0 Å². The number of carbonyl (C=O) groups excluding carboxylic acids is 6. The van der Waals surface area contributed by atoms with Crippen LogP contribution in [-0.2, 0) is 61.8 Å². The molecule has 2 saturated carbocycles. The fraction of sp³-hybridized carbons (Fsp3) is 0.477. The van der Waals surface area contributed by atoms with Crippen LogP contribution < -0.4 is 0 Å². The molecule has 4 aliphatic rings. The fourth-order valence-electron chi connectivity index (χ4n) is 8.15. The van der Waals surface area contributed by atoms with Gasteiger partial charge >= 0.3 is 35.8 Å². The van der Waals surface area contributed by atoms with Crippen LogP contribution in [-0.4, -0.2) is 117 Å². The second-order valence-electron chi connectivity index (χ2n) is 14.9. The van der Waals surface area contributed by atoms with E-state index in [0.717, 1.165) is 0 Å². The number of hydrogen-bond donors (Lipinski definition) is 0. The van der Waals surface area contributed by atoms with E-state index in [4.69, 9.17) is 54.2 Å². The summed E-state index contributed by atoms with van der Waals surface area (Å²) in [5.74, 6) is -3.37. The first-order valence-electron chi connectivity index (χ1n) is 19.6. The number of benzene rings is 2. The number of halogens is 1. The molecule has 2 saturated heterocycles. The minimum Gasteiger partial charge on any atom is -0.456 e. The third-order valence-electron chi connectivity index (χ3n) is 11.0. The predicted molar refractivity (Wildman–Crippen MR) is 223 cm³/mol. The molecule has 2 spiro atoms. The summed E-state index contributed by atoms with van der Waals surface area (Å²) in [7, 11) is 1.40. The lowest BCUT2D eigenvalue weighted by Gasteiger charge is -2.47. The topological polar surface area (TPSA) is 229 Å². The fourth-order valence-corrected chi connectivity index (χ4v) is 8.33. The molecule has 0 N–H and O–H groups in total. The van der Waals surface area contributed by atoms with Gasteiger partial charge in [0.25, 0.3) is 0 Å². The number of imidazole rings is 1. The van der Waals surface area contributed by atoms with Crippen molar-refractivity contribution < 1.29 is 71.4 Å². The molecule has 19 nitrogen and oxygen atoms in total.